The molecule has 4 nitrogen and oxygen atoms in total. The minimum absolute atomic E-state index is 0.659. The highest BCUT2D eigenvalue weighted by Gasteiger charge is 2.15. The molecule has 1 aromatic heterocycles. The number of piperazine rings is 1. The number of anilines is 1. The third kappa shape index (κ3) is 3.98. The maximum atomic E-state index is 4.01. The molecule has 1 atom stereocenters. The zero-order chi connectivity index (χ0) is 11.9. The molecule has 1 unspecified atom stereocenters. The Kier molecular flexibility index (Phi) is 4.76. The predicted octanol–water partition coefficient (Wildman–Crippen LogP) is 1.18. The van der Waals surface area contributed by atoms with Crippen molar-refractivity contribution in [3.8, 4) is 0 Å². The number of rotatable bonds is 5. The van der Waals surface area contributed by atoms with Gasteiger partial charge in [0.15, 0.2) is 0 Å². The fraction of sp³-hybridized carbons (Fsp3) is 0.615. The lowest BCUT2D eigenvalue weighted by molar-refractivity contribution is 0.179. The van der Waals surface area contributed by atoms with Crippen LogP contribution in [0, 0.1) is 0 Å². The standard InChI is InChI=1S/C13H22N4/c1-12(17-10-8-15-9-11-17)2-7-16-13-3-5-14-6-4-13/h3-6,12,15H,2,7-11H2,1H3,(H,14,16). The molecule has 1 saturated heterocycles. The second-order valence-corrected chi connectivity index (χ2v) is 4.59. The molecule has 94 valence electrons. The molecule has 2 heterocycles. The van der Waals surface area contributed by atoms with Crippen LogP contribution in [0.2, 0.25) is 0 Å². The van der Waals surface area contributed by atoms with Crippen molar-refractivity contribution < 1.29 is 0 Å². The number of pyridine rings is 1. The van der Waals surface area contributed by atoms with E-state index < -0.39 is 0 Å². The molecule has 0 saturated carbocycles. The SMILES string of the molecule is CC(CCNc1ccncc1)N1CCNCC1. The number of aromatic nitrogens is 1. The van der Waals surface area contributed by atoms with E-state index in [0.29, 0.717) is 6.04 Å². The van der Waals surface area contributed by atoms with Gasteiger partial charge >= 0.3 is 0 Å². The Morgan fingerprint density at radius 1 is 1.35 bits per heavy atom. The van der Waals surface area contributed by atoms with E-state index in [2.05, 4.69) is 27.4 Å². The Hall–Kier alpha value is -1.13. The fourth-order valence-corrected chi connectivity index (χ4v) is 2.20. The third-order valence-electron chi connectivity index (χ3n) is 3.35. The van der Waals surface area contributed by atoms with Crippen LogP contribution in [-0.2, 0) is 0 Å². The van der Waals surface area contributed by atoms with Gasteiger partial charge in [-0.3, -0.25) is 9.88 Å². The normalized spacial score (nSPS) is 18.9. The van der Waals surface area contributed by atoms with Gasteiger partial charge in [0.05, 0.1) is 0 Å². The second kappa shape index (κ2) is 6.57. The molecular formula is C13H22N4. The highest BCUT2D eigenvalue weighted by molar-refractivity contribution is 5.40. The van der Waals surface area contributed by atoms with E-state index in [0.717, 1.165) is 25.3 Å². The minimum Gasteiger partial charge on any atom is -0.385 e. The van der Waals surface area contributed by atoms with E-state index in [-0.39, 0.29) is 0 Å². The topological polar surface area (TPSA) is 40.2 Å². The van der Waals surface area contributed by atoms with Crippen molar-refractivity contribution in [1.29, 1.82) is 0 Å². The smallest absolute Gasteiger partial charge is 0.0371 e. The van der Waals surface area contributed by atoms with E-state index in [4.69, 9.17) is 0 Å². The molecule has 0 aromatic carbocycles. The summed E-state index contributed by atoms with van der Waals surface area (Å²) in [7, 11) is 0. The highest BCUT2D eigenvalue weighted by atomic mass is 15.2. The van der Waals surface area contributed by atoms with Crippen LogP contribution < -0.4 is 10.6 Å². The van der Waals surface area contributed by atoms with Crippen molar-refractivity contribution in [2.24, 2.45) is 0 Å². The molecule has 0 bridgehead atoms. The van der Waals surface area contributed by atoms with Crippen LogP contribution in [0.15, 0.2) is 24.5 Å². The van der Waals surface area contributed by atoms with Gasteiger partial charge in [-0.15, -0.1) is 0 Å². The monoisotopic (exact) mass is 234 g/mol. The quantitative estimate of drug-likeness (QED) is 0.802. The molecule has 1 aliphatic rings. The van der Waals surface area contributed by atoms with Gasteiger partial charge in [0.25, 0.3) is 0 Å². The molecule has 0 amide bonds. The van der Waals surface area contributed by atoms with Crippen LogP contribution in [0.25, 0.3) is 0 Å². The molecule has 0 radical (unpaired) electrons. The maximum absolute atomic E-state index is 4.01. The molecule has 2 N–H and O–H groups in total. The van der Waals surface area contributed by atoms with Crippen LogP contribution in [0.3, 0.4) is 0 Å². The first-order valence-electron chi connectivity index (χ1n) is 6.45. The summed E-state index contributed by atoms with van der Waals surface area (Å²) < 4.78 is 0. The van der Waals surface area contributed by atoms with E-state index in [1.54, 1.807) is 0 Å². The minimum atomic E-state index is 0.659. The summed E-state index contributed by atoms with van der Waals surface area (Å²) in [5, 5.41) is 6.82. The summed E-state index contributed by atoms with van der Waals surface area (Å²) in [6.07, 6.45) is 4.83. The average molecular weight is 234 g/mol. The number of nitrogens with zero attached hydrogens (tertiary/aromatic N) is 2. The number of nitrogens with one attached hydrogen (secondary N) is 2. The molecule has 1 aliphatic heterocycles. The second-order valence-electron chi connectivity index (χ2n) is 4.59. The fourth-order valence-electron chi connectivity index (χ4n) is 2.20. The van der Waals surface area contributed by atoms with Crippen LogP contribution in [0.1, 0.15) is 13.3 Å². The van der Waals surface area contributed by atoms with Crippen molar-refractivity contribution in [3.63, 3.8) is 0 Å². The van der Waals surface area contributed by atoms with Crippen LogP contribution in [-0.4, -0.2) is 48.6 Å². The molecular weight excluding hydrogens is 212 g/mol. The number of hydrogen-bond donors (Lipinski definition) is 2. The predicted molar refractivity (Wildman–Crippen MR) is 71.2 cm³/mol. The van der Waals surface area contributed by atoms with Gasteiger partial charge in [-0.2, -0.15) is 0 Å². The Bertz CT molecular complexity index is 308. The van der Waals surface area contributed by atoms with E-state index in [1.165, 1.54) is 19.5 Å². The van der Waals surface area contributed by atoms with Gasteiger partial charge in [-0.1, -0.05) is 0 Å². The zero-order valence-electron chi connectivity index (χ0n) is 10.5. The lowest BCUT2D eigenvalue weighted by Gasteiger charge is -2.32. The van der Waals surface area contributed by atoms with Crippen molar-refractivity contribution in [3.05, 3.63) is 24.5 Å². The van der Waals surface area contributed by atoms with Crippen LogP contribution >= 0.6 is 0 Å². The largest absolute Gasteiger partial charge is 0.385 e. The Morgan fingerprint density at radius 2 is 2.06 bits per heavy atom. The van der Waals surface area contributed by atoms with Gasteiger partial charge < -0.3 is 10.6 Å². The number of hydrogen-bond acceptors (Lipinski definition) is 4. The van der Waals surface area contributed by atoms with E-state index in [9.17, 15) is 0 Å². The lowest BCUT2D eigenvalue weighted by atomic mass is 10.2. The van der Waals surface area contributed by atoms with E-state index in [1.807, 2.05) is 24.5 Å². The first-order chi connectivity index (χ1) is 8.36. The van der Waals surface area contributed by atoms with Gasteiger partial charge in [0.2, 0.25) is 0 Å². The zero-order valence-corrected chi connectivity index (χ0v) is 10.5. The summed E-state index contributed by atoms with van der Waals surface area (Å²) in [4.78, 5) is 6.57. The lowest BCUT2D eigenvalue weighted by Crippen LogP contribution is -2.47. The van der Waals surface area contributed by atoms with Crippen molar-refractivity contribution in [2.45, 2.75) is 19.4 Å². The van der Waals surface area contributed by atoms with Gasteiger partial charge in [0, 0.05) is 56.8 Å². The average Bonchev–Trinajstić information content (AvgIpc) is 2.41. The highest BCUT2D eigenvalue weighted by Crippen LogP contribution is 2.07. The Balaban J connectivity index is 1.67. The molecule has 4 heteroatoms. The Labute approximate surface area is 103 Å². The molecule has 17 heavy (non-hydrogen) atoms. The van der Waals surface area contributed by atoms with Crippen molar-refractivity contribution in [1.82, 2.24) is 15.2 Å². The summed E-state index contributed by atoms with van der Waals surface area (Å²) >= 11 is 0. The molecule has 0 aliphatic carbocycles. The molecule has 1 fully saturated rings. The van der Waals surface area contributed by atoms with Gasteiger partial charge in [0.1, 0.15) is 0 Å². The first kappa shape index (κ1) is 12.3. The molecule has 2 rings (SSSR count). The van der Waals surface area contributed by atoms with Gasteiger partial charge in [-0.25, -0.2) is 0 Å². The molecule has 0 spiro atoms. The van der Waals surface area contributed by atoms with E-state index >= 15 is 0 Å². The Morgan fingerprint density at radius 3 is 2.76 bits per heavy atom. The first-order valence-corrected chi connectivity index (χ1v) is 6.45. The maximum Gasteiger partial charge on any atom is 0.0371 e. The van der Waals surface area contributed by atoms with Crippen LogP contribution in [0.5, 0.6) is 0 Å². The molecule has 1 aromatic rings. The summed E-state index contributed by atoms with van der Waals surface area (Å²) in [5.41, 5.74) is 1.16. The van der Waals surface area contributed by atoms with Crippen LogP contribution in [0.4, 0.5) is 5.69 Å². The van der Waals surface area contributed by atoms with Crippen molar-refractivity contribution >= 4 is 5.69 Å². The van der Waals surface area contributed by atoms with Gasteiger partial charge in [-0.05, 0) is 25.5 Å². The summed E-state index contributed by atoms with van der Waals surface area (Å²) in [6, 6.07) is 4.68. The summed E-state index contributed by atoms with van der Waals surface area (Å²) in [5.74, 6) is 0. The van der Waals surface area contributed by atoms with Crippen molar-refractivity contribution in [2.75, 3.05) is 38.0 Å². The summed E-state index contributed by atoms with van der Waals surface area (Å²) in [6.45, 7) is 7.95. The third-order valence-corrected chi connectivity index (χ3v) is 3.35.